The third-order valence-electron chi connectivity index (χ3n) is 2.67. The maximum absolute atomic E-state index is 11.9. The molecule has 2 aromatic heterocycles. The van der Waals surface area contributed by atoms with Crippen molar-refractivity contribution in [3.8, 4) is 10.6 Å². The predicted octanol–water partition coefficient (Wildman–Crippen LogP) is 4.01. The lowest BCUT2D eigenvalue weighted by atomic mass is 10.3. The Morgan fingerprint density at radius 3 is 2.45 bits per heavy atom. The summed E-state index contributed by atoms with van der Waals surface area (Å²) < 4.78 is 0.949. The van der Waals surface area contributed by atoms with Crippen LogP contribution in [0.1, 0.15) is 0 Å². The monoisotopic (exact) mass is 375 g/mol. The molecule has 3 aromatic rings. The highest BCUT2D eigenvalue weighted by Crippen LogP contribution is 2.25. The molecule has 0 saturated heterocycles. The van der Waals surface area contributed by atoms with Gasteiger partial charge in [-0.15, -0.1) is 10.2 Å². The van der Waals surface area contributed by atoms with Gasteiger partial charge in [0.1, 0.15) is 5.01 Å². The number of nitrogens with one attached hydrogen (secondary N) is 2. The van der Waals surface area contributed by atoms with Crippen molar-refractivity contribution < 1.29 is 4.79 Å². The Hall–Kier alpha value is -2.32. The van der Waals surface area contributed by atoms with Crippen LogP contribution < -0.4 is 10.6 Å². The first kappa shape index (κ1) is 14.6. The van der Waals surface area contributed by atoms with Gasteiger partial charge in [-0.3, -0.25) is 10.3 Å². The lowest BCUT2D eigenvalue weighted by Gasteiger charge is -2.04. The minimum atomic E-state index is -0.361. The number of anilines is 2. The average Bonchev–Trinajstić information content (AvgIpc) is 2.99. The maximum Gasteiger partial charge on any atom is 0.325 e. The zero-order chi connectivity index (χ0) is 15.4. The van der Waals surface area contributed by atoms with Crippen molar-refractivity contribution in [1.82, 2.24) is 15.2 Å². The molecule has 0 bridgehead atoms. The first-order valence-corrected chi connectivity index (χ1v) is 7.89. The topological polar surface area (TPSA) is 79.8 Å². The van der Waals surface area contributed by atoms with Gasteiger partial charge < -0.3 is 5.32 Å². The lowest BCUT2D eigenvalue weighted by Crippen LogP contribution is -2.19. The summed E-state index contributed by atoms with van der Waals surface area (Å²) in [4.78, 5) is 15.9. The van der Waals surface area contributed by atoms with Crippen LogP contribution in [0, 0.1) is 0 Å². The molecule has 2 N–H and O–H groups in total. The van der Waals surface area contributed by atoms with Gasteiger partial charge in [0.15, 0.2) is 0 Å². The molecule has 6 nitrogen and oxygen atoms in total. The molecule has 8 heteroatoms. The molecule has 0 fully saturated rings. The molecule has 0 unspecified atom stereocenters. The van der Waals surface area contributed by atoms with Crippen LogP contribution >= 0.6 is 27.3 Å². The molecule has 2 heterocycles. The molecule has 110 valence electrons. The Morgan fingerprint density at radius 1 is 1.00 bits per heavy atom. The van der Waals surface area contributed by atoms with Crippen LogP contribution in [0.15, 0.2) is 53.3 Å². The predicted molar refractivity (Wildman–Crippen MR) is 89.9 cm³/mol. The van der Waals surface area contributed by atoms with Crippen LogP contribution in [0.2, 0.25) is 0 Å². The van der Waals surface area contributed by atoms with E-state index in [0.29, 0.717) is 10.8 Å². The summed E-state index contributed by atoms with van der Waals surface area (Å²) >= 11 is 4.64. The Morgan fingerprint density at radius 2 is 1.73 bits per heavy atom. The number of benzene rings is 1. The summed E-state index contributed by atoms with van der Waals surface area (Å²) in [6.07, 6.45) is 3.37. The van der Waals surface area contributed by atoms with Crippen molar-refractivity contribution in [2.45, 2.75) is 0 Å². The second-order valence-electron chi connectivity index (χ2n) is 4.23. The van der Waals surface area contributed by atoms with Crippen LogP contribution in [0.25, 0.3) is 10.6 Å². The fourth-order valence-electron chi connectivity index (χ4n) is 1.68. The number of halogens is 1. The van der Waals surface area contributed by atoms with Crippen LogP contribution in [0.3, 0.4) is 0 Å². The standard InChI is InChI=1S/C14H10BrN5OS/c15-10-1-3-11(4-2-10)17-13(21)18-14-20-19-12(22-14)9-5-7-16-8-6-9/h1-8H,(H2,17,18,20,21). The highest BCUT2D eigenvalue weighted by atomic mass is 79.9. The fourth-order valence-corrected chi connectivity index (χ4v) is 2.69. The van der Waals surface area contributed by atoms with Gasteiger partial charge in [-0.25, -0.2) is 4.79 Å². The van der Waals surface area contributed by atoms with E-state index in [2.05, 4.69) is 41.7 Å². The number of aromatic nitrogens is 3. The van der Waals surface area contributed by atoms with Gasteiger partial charge >= 0.3 is 6.03 Å². The van der Waals surface area contributed by atoms with E-state index in [0.717, 1.165) is 15.0 Å². The SMILES string of the molecule is O=C(Nc1ccc(Br)cc1)Nc1nnc(-c2ccncc2)s1. The van der Waals surface area contributed by atoms with Gasteiger partial charge in [0.25, 0.3) is 0 Å². The lowest BCUT2D eigenvalue weighted by molar-refractivity contribution is 0.262. The van der Waals surface area contributed by atoms with Crippen molar-refractivity contribution in [3.63, 3.8) is 0 Å². The summed E-state index contributed by atoms with van der Waals surface area (Å²) in [5.74, 6) is 0. The van der Waals surface area contributed by atoms with Crippen LogP contribution in [0.5, 0.6) is 0 Å². The normalized spacial score (nSPS) is 10.2. The molecule has 22 heavy (non-hydrogen) atoms. The Kier molecular flexibility index (Phi) is 4.40. The zero-order valence-electron chi connectivity index (χ0n) is 11.2. The summed E-state index contributed by atoms with van der Waals surface area (Å²) in [6.45, 7) is 0. The molecule has 2 amide bonds. The maximum atomic E-state index is 11.9. The Bertz CT molecular complexity index is 775. The van der Waals surface area contributed by atoms with Crippen molar-refractivity contribution >= 4 is 44.1 Å². The smallest absolute Gasteiger partial charge is 0.308 e. The number of hydrogen-bond donors (Lipinski definition) is 2. The number of carbonyl (C=O) groups excluding carboxylic acids is 1. The van der Waals surface area contributed by atoms with E-state index in [9.17, 15) is 4.79 Å². The number of amides is 2. The van der Waals surface area contributed by atoms with E-state index < -0.39 is 0 Å². The number of pyridine rings is 1. The molecular weight excluding hydrogens is 366 g/mol. The highest BCUT2D eigenvalue weighted by Gasteiger charge is 2.09. The Labute approximate surface area is 138 Å². The van der Waals surface area contributed by atoms with E-state index in [-0.39, 0.29) is 6.03 Å². The number of urea groups is 1. The third kappa shape index (κ3) is 3.66. The van der Waals surface area contributed by atoms with E-state index >= 15 is 0 Å². The average molecular weight is 376 g/mol. The van der Waals surface area contributed by atoms with E-state index in [1.807, 2.05) is 24.3 Å². The van der Waals surface area contributed by atoms with Crippen molar-refractivity contribution in [1.29, 1.82) is 0 Å². The summed E-state index contributed by atoms with van der Waals surface area (Å²) in [6, 6.07) is 10.6. The molecule has 0 spiro atoms. The first-order chi connectivity index (χ1) is 10.7. The molecule has 0 aliphatic rings. The van der Waals surface area contributed by atoms with Crippen LogP contribution in [0.4, 0.5) is 15.6 Å². The number of carbonyl (C=O) groups is 1. The minimum absolute atomic E-state index is 0.361. The molecule has 0 atom stereocenters. The fraction of sp³-hybridized carbons (Fsp3) is 0. The molecule has 0 aliphatic heterocycles. The van der Waals surface area contributed by atoms with Gasteiger partial charge in [-0.1, -0.05) is 27.3 Å². The van der Waals surface area contributed by atoms with Crippen molar-refractivity contribution in [2.75, 3.05) is 10.6 Å². The number of nitrogens with zero attached hydrogens (tertiary/aromatic N) is 3. The van der Waals surface area contributed by atoms with Crippen LogP contribution in [-0.4, -0.2) is 21.2 Å². The van der Waals surface area contributed by atoms with E-state index in [1.54, 1.807) is 24.5 Å². The number of hydrogen-bond acceptors (Lipinski definition) is 5. The highest BCUT2D eigenvalue weighted by molar-refractivity contribution is 9.10. The second kappa shape index (κ2) is 6.63. The van der Waals surface area contributed by atoms with Gasteiger partial charge in [0, 0.05) is 28.1 Å². The first-order valence-electron chi connectivity index (χ1n) is 6.28. The van der Waals surface area contributed by atoms with Crippen LogP contribution in [-0.2, 0) is 0 Å². The van der Waals surface area contributed by atoms with Crippen molar-refractivity contribution in [2.24, 2.45) is 0 Å². The molecule has 0 saturated carbocycles. The summed E-state index contributed by atoms with van der Waals surface area (Å²) in [5.41, 5.74) is 1.61. The minimum Gasteiger partial charge on any atom is -0.308 e. The Balaban J connectivity index is 1.65. The molecule has 1 aromatic carbocycles. The molecule has 3 rings (SSSR count). The van der Waals surface area contributed by atoms with Gasteiger partial charge in [0.2, 0.25) is 5.13 Å². The van der Waals surface area contributed by atoms with Gasteiger partial charge in [-0.2, -0.15) is 0 Å². The van der Waals surface area contributed by atoms with Gasteiger partial charge in [0.05, 0.1) is 0 Å². The molecule has 0 aliphatic carbocycles. The molecule has 0 radical (unpaired) electrons. The zero-order valence-corrected chi connectivity index (χ0v) is 13.6. The number of rotatable bonds is 3. The van der Waals surface area contributed by atoms with Gasteiger partial charge in [-0.05, 0) is 36.4 Å². The van der Waals surface area contributed by atoms with E-state index in [1.165, 1.54) is 11.3 Å². The molecular formula is C14H10BrN5OS. The second-order valence-corrected chi connectivity index (χ2v) is 6.13. The van der Waals surface area contributed by atoms with E-state index in [4.69, 9.17) is 0 Å². The largest absolute Gasteiger partial charge is 0.325 e. The summed E-state index contributed by atoms with van der Waals surface area (Å²) in [7, 11) is 0. The quantitative estimate of drug-likeness (QED) is 0.724. The third-order valence-corrected chi connectivity index (χ3v) is 4.09. The summed E-state index contributed by atoms with van der Waals surface area (Å²) in [5, 5.41) is 14.5. The van der Waals surface area contributed by atoms with Crippen molar-refractivity contribution in [3.05, 3.63) is 53.3 Å².